The quantitative estimate of drug-likeness (QED) is 0.0412. The van der Waals surface area contributed by atoms with Crippen molar-refractivity contribution in [3.63, 3.8) is 0 Å². The summed E-state index contributed by atoms with van der Waals surface area (Å²) < 4.78 is 0. The minimum Gasteiger partial charge on any atom is -0.368 e. The van der Waals surface area contributed by atoms with Gasteiger partial charge < -0.3 is 70.8 Å². The second-order valence-electron chi connectivity index (χ2n) is 22.3. The molecule has 0 saturated heterocycles. The van der Waals surface area contributed by atoms with Crippen molar-refractivity contribution in [3.05, 3.63) is 71.8 Å². The van der Waals surface area contributed by atoms with Crippen molar-refractivity contribution in [2.24, 2.45) is 46.6 Å². The molecule has 0 aliphatic rings. The topological polar surface area (TPSA) is 383 Å². The summed E-state index contributed by atoms with van der Waals surface area (Å²) in [7, 11) is 0. The number of carbonyl (C=O) groups excluding carboxylic acids is 10. The van der Waals surface area contributed by atoms with Crippen LogP contribution in [0, 0.1) is 23.7 Å². The standard InChI is InChI=1S/C59H97N13O10/c1-10-12-15-24-48(73)64-41(25-28-60)53(76)72-50(38(9)11-2)59(82)66-42(26-29-61)52(75)69-47(34-40-22-18-14-19-23-40)57(80)68-45(31-35(3)4)55(78)65-43(27-30-62)54(77)71-49(37(7)8)58(81)70-46(32-36(5)6)56(79)67-44(51(63)74)33-39-20-16-13-17-21-39/h13-14,16-23,35-38,41-47,49-50H,10-12,15,24-34,60-62H2,1-9H3,(H2,63,74)(H,64,73)(H,65,78)(H,66,82)(H,67,79)(H,68,80)(H,69,75)(H,70,81)(H,71,77)(H,72,76)/t38-,41-,42-,43-,44-,45-,46-,47+,49+,50-/m0/s1. The maximum absolute atomic E-state index is 14.5. The van der Waals surface area contributed by atoms with E-state index in [-0.39, 0.29) is 88.7 Å². The van der Waals surface area contributed by atoms with Crippen LogP contribution in [0.1, 0.15) is 138 Å². The molecule has 0 spiro atoms. The first-order valence-electron chi connectivity index (χ1n) is 29.1. The maximum Gasteiger partial charge on any atom is 0.243 e. The van der Waals surface area contributed by atoms with Crippen LogP contribution in [0.4, 0.5) is 0 Å². The van der Waals surface area contributed by atoms with E-state index >= 15 is 0 Å². The van der Waals surface area contributed by atoms with E-state index in [0.29, 0.717) is 18.4 Å². The number of carbonyl (C=O) groups is 10. The van der Waals surface area contributed by atoms with E-state index in [1.54, 1.807) is 75.4 Å². The lowest BCUT2D eigenvalue weighted by molar-refractivity contribution is -0.136. The zero-order valence-electron chi connectivity index (χ0n) is 49.8. The van der Waals surface area contributed by atoms with Crippen LogP contribution in [0.2, 0.25) is 0 Å². The number of unbranched alkanes of at least 4 members (excludes halogenated alkanes) is 2. The first-order chi connectivity index (χ1) is 38.9. The number of amides is 10. The largest absolute Gasteiger partial charge is 0.368 e. The molecule has 0 heterocycles. The molecule has 2 aromatic rings. The fraction of sp³-hybridized carbons (Fsp3) is 0.627. The van der Waals surface area contributed by atoms with Crippen LogP contribution in [0.5, 0.6) is 0 Å². The van der Waals surface area contributed by atoms with Gasteiger partial charge in [-0.15, -0.1) is 0 Å². The molecule has 2 rings (SSSR count). The molecule has 10 amide bonds. The third kappa shape index (κ3) is 25.9. The molecule has 0 fully saturated rings. The van der Waals surface area contributed by atoms with Crippen LogP contribution in [0.3, 0.4) is 0 Å². The van der Waals surface area contributed by atoms with Crippen LogP contribution in [-0.2, 0) is 60.8 Å². The molecule has 17 N–H and O–H groups in total. The van der Waals surface area contributed by atoms with Crippen LogP contribution in [-0.4, -0.2) is 133 Å². The second kappa shape index (κ2) is 37.9. The molecule has 458 valence electrons. The third-order valence-corrected chi connectivity index (χ3v) is 13.9. The van der Waals surface area contributed by atoms with Gasteiger partial charge >= 0.3 is 0 Å². The highest BCUT2D eigenvalue weighted by Gasteiger charge is 2.37. The molecule has 82 heavy (non-hydrogen) atoms. The summed E-state index contributed by atoms with van der Waals surface area (Å²) in [5.41, 5.74) is 24.8. The molecular formula is C59H97N13O10. The van der Waals surface area contributed by atoms with Crippen LogP contribution >= 0.6 is 0 Å². The lowest BCUT2D eigenvalue weighted by Gasteiger charge is -2.30. The molecule has 0 radical (unpaired) electrons. The van der Waals surface area contributed by atoms with E-state index < -0.39 is 119 Å². The summed E-state index contributed by atoms with van der Waals surface area (Å²) >= 11 is 0. The van der Waals surface area contributed by atoms with Gasteiger partial charge in [-0.05, 0) is 93.0 Å². The summed E-state index contributed by atoms with van der Waals surface area (Å²) in [6.45, 7) is 16.3. The van der Waals surface area contributed by atoms with Gasteiger partial charge in [-0.1, -0.05) is 142 Å². The predicted octanol–water partition coefficient (Wildman–Crippen LogP) is 0.741. The van der Waals surface area contributed by atoms with Crippen molar-refractivity contribution in [1.29, 1.82) is 0 Å². The lowest BCUT2D eigenvalue weighted by atomic mass is 9.97. The minimum absolute atomic E-state index is 0.0497. The van der Waals surface area contributed by atoms with Gasteiger partial charge in [0.05, 0.1) is 0 Å². The zero-order valence-corrected chi connectivity index (χ0v) is 49.8. The number of nitrogens with one attached hydrogen (secondary N) is 9. The first kappa shape index (κ1) is 71.1. The number of primary amides is 1. The molecule has 10 atom stereocenters. The second-order valence-corrected chi connectivity index (χ2v) is 22.3. The van der Waals surface area contributed by atoms with Gasteiger partial charge in [0, 0.05) is 19.3 Å². The molecule has 0 unspecified atom stereocenters. The highest BCUT2D eigenvalue weighted by Crippen LogP contribution is 2.15. The summed E-state index contributed by atoms with van der Waals surface area (Å²) in [6, 6.07) is 7.05. The Balaban J connectivity index is 2.39. The van der Waals surface area contributed by atoms with Crippen LogP contribution in [0.15, 0.2) is 60.7 Å². The van der Waals surface area contributed by atoms with E-state index in [2.05, 4.69) is 47.9 Å². The number of hydrogen-bond donors (Lipinski definition) is 13. The Morgan fingerprint density at radius 2 is 0.768 bits per heavy atom. The number of benzene rings is 2. The van der Waals surface area contributed by atoms with Crippen LogP contribution in [0.25, 0.3) is 0 Å². The Kier molecular flexibility index (Phi) is 32.9. The highest BCUT2D eigenvalue weighted by molar-refractivity contribution is 5.98. The summed E-state index contributed by atoms with van der Waals surface area (Å²) in [5, 5.41) is 24.7. The van der Waals surface area contributed by atoms with Crippen molar-refractivity contribution >= 4 is 59.1 Å². The summed E-state index contributed by atoms with van der Waals surface area (Å²) in [5.74, 6) is -8.00. The maximum atomic E-state index is 14.5. The van der Waals surface area contributed by atoms with Crippen molar-refractivity contribution in [1.82, 2.24) is 47.9 Å². The summed E-state index contributed by atoms with van der Waals surface area (Å²) in [4.78, 5) is 138. The van der Waals surface area contributed by atoms with Gasteiger partial charge in [-0.2, -0.15) is 0 Å². The molecule has 0 saturated carbocycles. The van der Waals surface area contributed by atoms with Crippen molar-refractivity contribution in [2.75, 3.05) is 19.6 Å². The Bertz CT molecular complexity index is 2340. The van der Waals surface area contributed by atoms with E-state index in [9.17, 15) is 47.9 Å². The van der Waals surface area contributed by atoms with Gasteiger partial charge in [0.15, 0.2) is 0 Å². The number of hydrogen-bond acceptors (Lipinski definition) is 13. The SMILES string of the molecule is CCCCCC(=O)N[C@@H](CCN)C(=O)N[C@H](C(=O)N[C@@H](CCN)C(=O)N[C@H](Cc1ccccc1)C(=O)N[C@@H](CC(C)C)C(=O)N[C@@H](CCN)C(=O)N[C@@H](C(=O)N[C@@H](CC(C)C)C(=O)N[C@@H](Cc1ccccc1)C(N)=O)C(C)C)[C@@H](C)CC. The van der Waals surface area contributed by atoms with E-state index in [1.165, 1.54) is 0 Å². The molecular weight excluding hydrogens is 1050 g/mol. The van der Waals surface area contributed by atoms with E-state index in [4.69, 9.17) is 22.9 Å². The normalized spacial score (nSPS) is 15.0. The first-order valence-corrected chi connectivity index (χ1v) is 29.1. The Morgan fingerprint density at radius 3 is 1.20 bits per heavy atom. The molecule has 0 aliphatic heterocycles. The molecule has 23 nitrogen and oxygen atoms in total. The van der Waals surface area contributed by atoms with Gasteiger partial charge in [0.2, 0.25) is 59.1 Å². The van der Waals surface area contributed by atoms with Gasteiger partial charge in [0.25, 0.3) is 0 Å². The molecule has 0 bridgehead atoms. The van der Waals surface area contributed by atoms with Crippen molar-refractivity contribution in [3.8, 4) is 0 Å². The highest BCUT2D eigenvalue weighted by atomic mass is 16.2. The van der Waals surface area contributed by atoms with Crippen LogP contribution < -0.4 is 70.8 Å². The molecule has 2 aromatic carbocycles. The fourth-order valence-corrected chi connectivity index (χ4v) is 9.00. The summed E-state index contributed by atoms with van der Waals surface area (Å²) in [6.07, 6.45) is 3.40. The zero-order chi connectivity index (χ0) is 61.5. The monoisotopic (exact) mass is 1150 g/mol. The fourth-order valence-electron chi connectivity index (χ4n) is 9.00. The number of nitrogens with two attached hydrogens (primary N) is 4. The average molecular weight is 1150 g/mol. The third-order valence-electron chi connectivity index (χ3n) is 13.9. The van der Waals surface area contributed by atoms with Gasteiger partial charge in [-0.3, -0.25) is 47.9 Å². The van der Waals surface area contributed by atoms with E-state index in [0.717, 1.165) is 18.4 Å². The Hall–Kier alpha value is -6.98. The van der Waals surface area contributed by atoms with Crippen molar-refractivity contribution in [2.45, 2.75) is 194 Å². The lowest BCUT2D eigenvalue weighted by Crippen LogP contribution is -2.62. The minimum atomic E-state index is -1.32. The Morgan fingerprint density at radius 1 is 0.415 bits per heavy atom. The average Bonchev–Trinajstić information content (AvgIpc) is 3.47. The van der Waals surface area contributed by atoms with Crippen molar-refractivity contribution < 1.29 is 47.9 Å². The predicted molar refractivity (Wildman–Crippen MR) is 315 cm³/mol. The molecule has 0 aliphatic carbocycles. The number of rotatable bonds is 39. The van der Waals surface area contributed by atoms with Gasteiger partial charge in [-0.25, -0.2) is 0 Å². The van der Waals surface area contributed by atoms with Gasteiger partial charge in [0.1, 0.15) is 54.4 Å². The molecule has 0 aromatic heterocycles. The van der Waals surface area contributed by atoms with E-state index in [1.807, 2.05) is 47.6 Å². The molecule has 23 heteroatoms. The smallest absolute Gasteiger partial charge is 0.243 e. The Labute approximate surface area is 485 Å².